The maximum absolute atomic E-state index is 14.3. The van der Waals surface area contributed by atoms with Gasteiger partial charge in [-0.2, -0.15) is 9.98 Å². The lowest BCUT2D eigenvalue weighted by molar-refractivity contribution is -0.409. The van der Waals surface area contributed by atoms with Gasteiger partial charge < -0.3 is 20.5 Å². The minimum Gasteiger partial charge on any atom is -0.454 e. The molecule has 1 saturated carbocycles. The molecule has 3 aliphatic rings. The van der Waals surface area contributed by atoms with E-state index in [1.54, 1.807) is 5.32 Å². The summed E-state index contributed by atoms with van der Waals surface area (Å²) in [6.07, 6.45) is 2.59. The van der Waals surface area contributed by atoms with Crippen LogP contribution in [0.25, 0.3) is 0 Å². The SMILES string of the molecule is N=C(N)/N=C1\[NH2+]C(Cc2ccc3c(c2)OCO3)=Nc2cc(F)cc(NC3CC3)c21. The number of nitrogens with zero attached hydrogens (tertiary/aromatic N) is 2. The minimum absolute atomic E-state index is 0.213. The highest BCUT2D eigenvalue weighted by Crippen LogP contribution is 2.35. The van der Waals surface area contributed by atoms with E-state index in [0.717, 1.165) is 18.4 Å². The Morgan fingerprint density at radius 1 is 1.28 bits per heavy atom. The summed E-state index contributed by atoms with van der Waals surface area (Å²) in [6, 6.07) is 8.86. The normalized spacial score (nSPS) is 18.4. The molecule has 0 unspecified atom stereocenters. The van der Waals surface area contributed by atoms with Crippen molar-refractivity contribution < 1.29 is 19.2 Å². The number of anilines is 1. The van der Waals surface area contributed by atoms with Crippen LogP contribution < -0.4 is 25.8 Å². The number of ether oxygens (including phenoxy) is 2. The monoisotopic (exact) mass is 395 g/mol. The lowest BCUT2D eigenvalue weighted by atomic mass is 10.0. The fraction of sp³-hybridized carbons (Fsp3) is 0.250. The van der Waals surface area contributed by atoms with E-state index in [-0.39, 0.29) is 18.6 Å². The van der Waals surface area contributed by atoms with Crippen LogP contribution in [0, 0.1) is 11.2 Å². The van der Waals surface area contributed by atoms with Gasteiger partial charge in [0.1, 0.15) is 11.4 Å². The Bertz CT molecular complexity index is 1080. The molecule has 148 valence electrons. The molecular formula is C20H20FN6O2+. The smallest absolute Gasteiger partial charge is 0.245 e. The van der Waals surface area contributed by atoms with Gasteiger partial charge in [-0.25, -0.2) is 4.39 Å². The van der Waals surface area contributed by atoms with Crippen LogP contribution in [-0.2, 0) is 6.42 Å². The molecule has 2 aromatic rings. The molecular weight excluding hydrogens is 375 g/mol. The number of nitrogens with one attached hydrogen (secondary N) is 2. The summed E-state index contributed by atoms with van der Waals surface area (Å²) in [7, 11) is 0. The number of nitrogens with two attached hydrogens (primary N) is 2. The lowest BCUT2D eigenvalue weighted by Crippen LogP contribution is -2.93. The highest BCUT2D eigenvalue weighted by Gasteiger charge is 2.30. The van der Waals surface area contributed by atoms with E-state index in [0.29, 0.717) is 52.6 Å². The molecule has 8 nitrogen and oxygen atoms in total. The molecule has 2 aromatic carbocycles. The van der Waals surface area contributed by atoms with Crippen molar-refractivity contribution in [3.8, 4) is 11.5 Å². The summed E-state index contributed by atoms with van der Waals surface area (Å²) in [5.41, 5.74) is 8.30. The largest absolute Gasteiger partial charge is 0.454 e. The Morgan fingerprint density at radius 2 is 2.10 bits per heavy atom. The average Bonchev–Trinajstić information content (AvgIpc) is 3.34. The molecule has 5 rings (SSSR count). The number of hydrogen-bond acceptors (Lipinski definition) is 5. The van der Waals surface area contributed by atoms with Crippen molar-refractivity contribution in [2.45, 2.75) is 25.3 Å². The number of aliphatic imine (C=N–C) groups is 2. The predicted molar refractivity (Wildman–Crippen MR) is 107 cm³/mol. The first-order valence-electron chi connectivity index (χ1n) is 9.39. The molecule has 0 radical (unpaired) electrons. The van der Waals surface area contributed by atoms with E-state index in [4.69, 9.17) is 20.6 Å². The second-order valence-electron chi connectivity index (χ2n) is 7.26. The fourth-order valence-electron chi connectivity index (χ4n) is 3.50. The van der Waals surface area contributed by atoms with E-state index in [1.165, 1.54) is 12.1 Å². The van der Waals surface area contributed by atoms with Crippen molar-refractivity contribution in [2.24, 2.45) is 15.7 Å². The molecule has 29 heavy (non-hydrogen) atoms. The van der Waals surface area contributed by atoms with Gasteiger partial charge in [-0.05, 0) is 36.6 Å². The second-order valence-corrected chi connectivity index (χ2v) is 7.26. The zero-order valence-electron chi connectivity index (χ0n) is 15.5. The van der Waals surface area contributed by atoms with Gasteiger partial charge in [0.15, 0.2) is 11.5 Å². The van der Waals surface area contributed by atoms with Crippen molar-refractivity contribution in [1.82, 2.24) is 0 Å². The number of halogens is 1. The maximum Gasteiger partial charge on any atom is 0.245 e. The number of benzene rings is 2. The molecule has 9 heteroatoms. The molecule has 6 N–H and O–H groups in total. The molecule has 0 aromatic heterocycles. The number of guanidine groups is 1. The van der Waals surface area contributed by atoms with Crippen molar-refractivity contribution in [3.63, 3.8) is 0 Å². The molecule has 0 atom stereocenters. The summed E-state index contributed by atoms with van der Waals surface area (Å²) in [6.45, 7) is 0.213. The van der Waals surface area contributed by atoms with Crippen LogP contribution >= 0.6 is 0 Å². The number of quaternary nitrogens is 1. The van der Waals surface area contributed by atoms with Crippen LogP contribution in [0.3, 0.4) is 0 Å². The van der Waals surface area contributed by atoms with Crippen LogP contribution in [0.4, 0.5) is 15.8 Å². The third kappa shape index (κ3) is 3.64. The standard InChI is InChI=1S/C20H19FN6O2/c21-11-7-13(24-12-2-3-12)18-14(8-11)25-17(26-19(18)27-20(22)23)6-10-1-4-15-16(5-10)29-9-28-15/h1,4-5,7-8,12,24H,2-3,6,9H2,(H4,22,23,25,26,27)/p+1. The summed E-state index contributed by atoms with van der Waals surface area (Å²) in [5, 5.41) is 12.7. The zero-order chi connectivity index (χ0) is 20.0. The zero-order valence-corrected chi connectivity index (χ0v) is 15.5. The Hall–Kier alpha value is -3.46. The predicted octanol–water partition coefficient (Wildman–Crippen LogP) is 1.62. The maximum atomic E-state index is 14.3. The third-order valence-corrected chi connectivity index (χ3v) is 4.91. The van der Waals surface area contributed by atoms with Gasteiger partial charge in [-0.15, -0.1) is 0 Å². The lowest BCUT2D eigenvalue weighted by Gasteiger charge is -2.19. The van der Waals surface area contributed by atoms with Gasteiger partial charge in [0, 0.05) is 12.1 Å². The van der Waals surface area contributed by atoms with Gasteiger partial charge in [0.25, 0.3) is 0 Å². The Balaban J connectivity index is 1.53. The first-order valence-corrected chi connectivity index (χ1v) is 9.39. The molecule has 2 heterocycles. The Kier molecular flexibility index (Phi) is 4.17. The van der Waals surface area contributed by atoms with Crippen molar-refractivity contribution >= 4 is 29.0 Å². The number of fused-ring (bicyclic) bond motifs is 2. The fourth-order valence-corrected chi connectivity index (χ4v) is 3.50. The van der Waals surface area contributed by atoms with Crippen molar-refractivity contribution in [1.29, 1.82) is 5.41 Å². The van der Waals surface area contributed by atoms with E-state index >= 15 is 0 Å². The summed E-state index contributed by atoms with van der Waals surface area (Å²) < 4.78 is 25.0. The highest BCUT2D eigenvalue weighted by molar-refractivity contribution is 6.11. The molecule has 1 aliphatic carbocycles. The van der Waals surface area contributed by atoms with Crippen LogP contribution in [0.2, 0.25) is 0 Å². The summed E-state index contributed by atoms with van der Waals surface area (Å²) >= 11 is 0. The number of rotatable bonds is 4. The highest BCUT2D eigenvalue weighted by atomic mass is 19.1. The first-order chi connectivity index (χ1) is 14.0. The van der Waals surface area contributed by atoms with E-state index < -0.39 is 0 Å². The molecule has 0 spiro atoms. The second kappa shape index (κ2) is 6.85. The van der Waals surface area contributed by atoms with E-state index in [9.17, 15) is 4.39 Å². The minimum atomic E-state index is -0.373. The van der Waals surface area contributed by atoms with Gasteiger partial charge in [0.05, 0.1) is 17.8 Å². The Labute approximate surface area is 166 Å². The van der Waals surface area contributed by atoms with Gasteiger partial charge >= 0.3 is 0 Å². The van der Waals surface area contributed by atoms with Crippen molar-refractivity contribution in [3.05, 3.63) is 47.3 Å². The molecule has 2 aliphatic heterocycles. The van der Waals surface area contributed by atoms with Crippen molar-refractivity contribution in [2.75, 3.05) is 12.1 Å². The molecule has 1 fully saturated rings. The molecule has 0 amide bonds. The van der Waals surface area contributed by atoms with Gasteiger partial charge in [-0.3, -0.25) is 10.7 Å². The number of hydrogen-bond donors (Lipinski definition) is 4. The van der Waals surface area contributed by atoms with E-state index in [1.807, 2.05) is 18.2 Å². The molecule has 0 bridgehead atoms. The topological polar surface area (TPSA) is 122 Å². The third-order valence-electron chi connectivity index (χ3n) is 4.91. The Morgan fingerprint density at radius 3 is 2.90 bits per heavy atom. The van der Waals surface area contributed by atoms with Crippen LogP contribution in [0.15, 0.2) is 40.3 Å². The van der Waals surface area contributed by atoms with E-state index in [2.05, 4.69) is 15.3 Å². The van der Waals surface area contributed by atoms with Crippen LogP contribution in [0.1, 0.15) is 24.0 Å². The summed E-state index contributed by atoms with van der Waals surface area (Å²) in [5.74, 6) is 1.92. The van der Waals surface area contributed by atoms with Gasteiger partial charge in [0.2, 0.25) is 24.4 Å². The average molecular weight is 395 g/mol. The molecule has 0 saturated heterocycles. The summed E-state index contributed by atoms with van der Waals surface area (Å²) in [4.78, 5) is 8.84. The number of amidine groups is 2. The van der Waals surface area contributed by atoms with Gasteiger partial charge in [-0.1, -0.05) is 6.07 Å². The first kappa shape index (κ1) is 17.6. The van der Waals surface area contributed by atoms with Crippen LogP contribution in [-0.4, -0.2) is 30.5 Å². The quantitative estimate of drug-likeness (QED) is 0.464. The van der Waals surface area contributed by atoms with Crippen LogP contribution in [0.5, 0.6) is 11.5 Å².